The molecule has 68 valence electrons. The second-order valence-electron chi connectivity index (χ2n) is 3.00. The van der Waals surface area contributed by atoms with Gasteiger partial charge < -0.3 is 4.98 Å². The number of H-pyrrole nitrogens is 1. The highest BCUT2D eigenvalue weighted by molar-refractivity contribution is 6.35. The van der Waals surface area contributed by atoms with Gasteiger partial charge in [0.1, 0.15) is 5.82 Å². The van der Waals surface area contributed by atoms with Crippen molar-refractivity contribution in [2.75, 3.05) is 0 Å². The second kappa shape index (κ2) is 3.04. The molecule has 1 N–H and O–H groups in total. The van der Waals surface area contributed by atoms with Gasteiger partial charge in [0.2, 0.25) is 0 Å². The number of aryl methyl sites for hydroxylation is 1. The number of hydrogen-bond acceptors (Lipinski definition) is 0. The van der Waals surface area contributed by atoms with E-state index in [4.69, 9.17) is 11.6 Å². The Morgan fingerprint density at radius 2 is 2.15 bits per heavy atom. The van der Waals surface area contributed by atoms with E-state index in [-0.39, 0.29) is 5.82 Å². The van der Waals surface area contributed by atoms with Crippen molar-refractivity contribution in [3.63, 3.8) is 0 Å². The lowest BCUT2D eigenvalue weighted by molar-refractivity contribution is 0.629. The SMILES string of the molecule is CCc1cc2c(Cl)cc(F)cc2[nH]1. The molecule has 0 amide bonds. The summed E-state index contributed by atoms with van der Waals surface area (Å²) in [6.45, 7) is 2.04. The number of nitrogens with one attached hydrogen (secondary N) is 1. The van der Waals surface area contributed by atoms with Crippen LogP contribution in [0.15, 0.2) is 18.2 Å². The molecule has 2 aromatic rings. The van der Waals surface area contributed by atoms with Crippen molar-refractivity contribution in [1.82, 2.24) is 4.98 Å². The molecule has 0 aliphatic heterocycles. The predicted octanol–water partition coefficient (Wildman–Crippen LogP) is 3.52. The fourth-order valence-electron chi connectivity index (χ4n) is 1.41. The number of rotatable bonds is 1. The van der Waals surface area contributed by atoms with Crippen LogP contribution in [0.25, 0.3) is 10.9 Å². The Morgan fingerprint density at radius 3 is 2.85 bits per heavy atom. The third-order valence-electron chi connectivity index (χ3n) is 2.09. The van der Waals surface area contributed by atoms with Crippen molar-refractivity contribution in [2.24, 2.45) is 0 Å². The highest BCUT2D eigenvalue weighted by Crippen LogP contribution is 2.25. The Kier molecular flexibility index (Phi) is 2.00. The van der Waals surface area contributed by atoms with Crippen molar-refractivity contribution in [1.29, 1.82) is 0 Å². The molecule has 13 heavy (non-hydrogen) atoms. The quantitative estimate of drug-likeness (QED) is 0.720. The average Bonchev–Trinajstić information content (AvgIpc) is 2.47. The number of benzene rings is 1. The van der Waals surface area contributed by atoms with Crippen LogP contribution in [0.3, 0.4) is 0 Å². The molecule has 1 nitrogen and oxygen atoms in total. The standard InChI is InChI=1S/C10H9ClFN/c1-2-7-5-8-9(11)3-6(12)4-10(8)13-7/h3-5,13H,2H2,1H3. The highest BCUT2D eigenvalue weighted by Gasteiger charge is 2.05. The van der Waals surface area contributed by atoms with Crippen LogP contribution in [-0.4, -0.2) is 4.98 Å². The maximum atomic E-state index is 12.9. The second-order valence-corrected chi connectivity index (χ2v) is 3.40. The van der Waals surface area contributed by atoms with Gasteiger partial charge in [-0.25, -0.2) is 4.39 Å². The molecule has 0 aliphatic rings. The molecule has 0 radical (unpaired) electrons. The van der Waals surface area contributed by atoms with E-state index < -0.39 is 0 Å². The zero-order valence-corrected chi connectivity index (χ0v) is 7.95. The first-order valence-corrected chi connectivity index (χ1v) is 4.55. The molecule has 1 aromatic heterocycles. The fourth-order valence-corrected chi connectivity index (χ4v) is 1.67. The maximum absolute atomic E-state index is 12.9. The number of aromatic amines is 1. The van der Waals surface area contributed by atoms with E-state index >= 15 is 0 Å². The zero-order chi connectivity index (χ0) is 9.42. The van der Waals surface area contributed by atoms with Crippen LogP contribution < -0.4 is 0 Å². The molecular weight excluding hydrogens is 189 g/mol. The molecule has 0 saturated carbocycles. The predicted molar refractivity (Wildman–Crippen MR) is 52.6 cm³/mol. The van der Waals surface area contributed by atoms with Gasteiger partial charge in [0.25, 0.3) is 0 Å². The molecule has 3 heteroatoms. The number of hydrogen-bond donors (Lipinski definition) is 1. The first-order chi connectivity index (χ1) is 6.20. The number of aromatic nitrogens is 1. The minimum Gasteiger partial charge on any atom is -0.358 e. The summed E-state index contributed by atoms with van der Waals surface area (Å²) in [5.74, 6) is -0.304. The monoisotopic (exact) mass is 197 g/mol. The minimum atomic E-state index is -0.304. The van der Waals surface area contributed by atoms with Gasteiger partial charge in [0.05, 0.1) is 10.5 Å². The Balaban J connectivity index is 2.75. The summed E-state index contributed by atoms with van der Waals surface area (Å²) in [4.78, 5) is 3.10. The van der Waals surface area contributed by atoms with Crippen molar-refractivity contribution >= 4 is 22.5 Å². The van der Waals surface area contributed by atoms with Crippen LogP contribution in [0.5, 0.6) is 0 Å². The molecule has 0 unspecified atom stereocenters. The summed E-state index contributed by atoms with van der Waals surface area (Å²) >= 11 is 5.87. The average molecular weight is 198 g/mol. The molecule has 0 saturated heterocycles. The number of fused-ring (bicyclic) bond motifs is 1. The van der Waals surface area contributed by atoms with Gasteiger partial charge in [-0.05, 0) is 24.6 Å². The van der Waals surface area contributed by atoms with Crippen LogP contribution in [0.2, 0.25) is 5.02 Å². The van der Waals surface area contributed by atoms with E-state index in [1.54, 1.807) is 0 Å². The van der Waals surface area contributed by atoms with Crippen molar-refractivity contribution in [2.45, 2.75) is 13.3 Å². The third-order valence-corrected chi connectivity index (χ3v) is 2.40. The zero-order valence-electron chi connectivity index (χ0n) is 7.20. The van der Waals surface area contributed by atoms with Crippen LogP contribution >= 0.6 is 11.6 Å². The first kappa shape index (κ1) is 8.57. The fraction of sp³-hybridized carbons (Fsp3) is 0.200. The lowest BCUT2D eigenvalue weighted by Crippen LogP contribution is -1.77. The van der Waals surface area contributed by atoms with Gasteiger partial charge in [-0.2, -0.15) is 0 Å². The molecule has 1 heterocycles. The van der Waals surface area contributed by atoms with Crippen LogP contribution in [0.1, 0.15) is 12.6 Å². The summed E-state index contributed by atoms with van der Waals surface area (Å²) < 4.78 is 12.9. The Bertz CT molecular complexity index is 447. The molecule has 0 aliphatic carbocycles. The van der Waals surface area contributed by atoms with Crippen LogP contribution in [-0.2, 0) is 6.42 Å². The maximum Gasteiger partial charge on any atom is 0.126 e. The molecule has 0 atom stereocenters. The van der Waals surface area contributed by atoms with Gasteiger partial charge in [-0.1, -0.05) is 18.5 Å². The van der Waals surface area contributed by atoms with Crippen LogP contribution in [0, 0.1) is 5.82 Å². The smallest absolute Gasteiger partial charge is 0.126 e. The van der Waals surface area contributed by atoms with E-state index in [9.17, 15) is 4.39 Å². The summed E-state index contributed by atoms with van der Waals surface area (Å²) in [5, 5.41) is 1.35. The summed E-state index contributed by atoms with van der Waals surface area (Å²) in [6.07, 6.45) is 0.895. The van der Waals surface area contributed by atoms with Gasteiger partial charge >= 0.3 is 0 Å². The van der Waals surface area contributed by atoms with Crippen molar-refractivity contribution in [3.05, 3.63) is 34.7 Å². The highest BCUT2D eigenvalue weighted by atomic mass is 35.5. The molecule has 2 rings (SSSR count). The summed E-state index contributed by atoms with van der Waals surface area (Å²) in [5.41, 5.74) is 1.84. The lowest BCUT2D eigenvalue weighted by Gasteiger charge is -1.93. The normalized spacial score (nSPS) is 11.0. The Labute approximate surface area is 80.5 Å². The Morgan fingerprint density at radius 1 is 1.38 bits per heavy atom. The molecule has 0 bridgehead atoms. The largest absolute Gasteiger partial charge is 0.358 e. The van der Waals surface area contributed by atoms with E-state index in [0.717, 1.165) is 23.0 Å². The van der Waals surface area contributed by atoms with Gasteiger partial charge in [-0.3, -0.25) is 0 Å². The molecule has 1 aromatic carbocycles. The van der Waals surface area contributed by atoms with Gasteiger partial charge in [-0.15, -0.1) is 0 Å². The van der Waals surface area contributed by atoms with E-state index in [2.05, 4.69) is 4.98 Å². The first-order valence-electron chi connectivity index (χ1n) is 4.17. The Hall–Kier alpha value is -1.02. The molecular formula is C10H9ClFN. The lowest BCUT2D eigenvalue weighted by atomic mass is 10.2. The van der Waals surface area contributed by atoms with E-state index in [0.29, 0.717) is 5.02 Å². The molecule has 0 spiro atoms. The summed E-state index contributed by atoms with van der Waals surface area (Å²) in [7, 11) is 0. The topological polar surface area (TPSA) is 15.8 Å². The molecule has 0 fully saturated rings. The van der Waals surface area contributed by atoms with Crippen LogP contribution in [0.4, 0.5) is 4.39 Å². The van der Waals surface area contributed by atoms with Gasteiger partial charge in [0, 0.05) is 11.1 Å². The van der Waals surface area contributed by atoms with Crippen molar-refractivity contribution < 1.29 is 4.39 Å². The van der Waals surface area contributed by atoms with Gasteiger partial charge in [0.15, 0.2) is 0 Å². The van der Waals surface area contributed by atoms with E-state index in [1.165, 1.54) is 12.1 Å². The third kappa shape index (κ3) is 1.42. The minimum absolute atomic E-state index is 0.304. The summed E-state index contributed by atoms with van der Waals surface area (Å²) in [6, 6.07) is 4.74. The van der Waals surface area contributed by atoms with E-state index in [1.807, 2.05) is 13.0 Å². The number of halogens is 2. The van der Waals surface area contributed by atoms with Crippen molar-refractivity contribution in [3.8, 4) is 0 Å².